The molecule has 1 unspecified atom stereocenters. The van der Waals surface area contributed by atoms with E-state index < -0.39 is 32.8 Å². The van der Waals surface area contributed by atoms with E-state index in [-0.39, 0.29) is 6.61 Å². The minimum atomic E-state index is -3.53. The van der Waals surface area contributed by atoms with Crippen molar-refractivity contribution in [1.82, 2.24) is 4.31 Å². The van der Waals surface area contributed by atoms with Crippen LogP contribution in [0.15, 0.2) is 12.2 Å². The molecule has 1 rings (SSSR count). The molecule has 116 valence electrons. The second-order valence-electron chi connectivity index (χ2n) is 6.26. The highest BCUT2D eigenvalue weighted by Crippen LogP contribution is 2.39. The Labute approximate surface area is 122 Å². The maximum atomic E-state index is 12.5. The number of hydrogen-bond donors (Lipinski definition) is 0. The van der Waals surface area contributed by atoms with Gasteiger partial charge in [-0.2, -0.15) is 4.31 Å². The lowest BCUT2D eigenvalue weighted by atomic mass is 10.2. The van der Waals surface area contributed by atoms with Crippen molar-refractivity contribution < 1.29 is 17.9 Å². The highest BCUT2D eigenvalue weighted by Gasteiger charge is 2.61. The van der Waals surface area contributed by atoms with Crippen LogP contribution in [0.25, 0.3) is 0 Å². The van der Waals surface area contributed by atoms with Gasteiger partial charge in [0, 0.05) is 0 Å². The quantitative estimate of drug-likeness (QED) is 0.442. The van der Waals surface area contributed by atoms with Crippen molar-refractivity contribution in [3.05, 3.63) is 12.2 Å². The Morgan fingerprint density at radius 2 is 1.90 bits per heavy atom. The zero-order valence-corrected chi connectivity index (χ0v) is 13.9. The number of allylic oxidation sites excluding steroid dienone is 1. The van der Waals surface area contributed by atoms with Gasteiger partial charge in [0.15, 0.2) is 0 Å². The molecule has 6 heteroatoms. The molecule has 0 aromatic heterocycles. The van der Waals surface area contributed by atoms with Gasteiger partial charge in [0.1, 0.15) is 6.04 Å². The molecule has 1 aliphatic rings. The van der Waals surface area contributed by atoms with E-state index in [2.05, 4.69) is 0 Å². The number of hydrogen-bond acceptors (Lipinski definition) is 4. The molecule has 0 amide bonds. The van der Waals surface area contributed by atoms with Crippen LogP contribution in [0.1, 0.15) is 41.5 Å². The predicted molar refractivity (Wildman–Crippen MR) is 78.7 cm³/mol. The monoisotopic (exact) mass is 303 g/mol. The molecule has 1 heterocycles. The summed E-state index contributed by atoms with van der Waals surface area (Å²) < 4.78 is 30.2. The molecule has 0 spiro atoms. The molecule has 1 saturated heterocycles. The van der Waals surface area contributed by atoms with Crippen LogP contribution in [0, 0.1) is 5.92 Å². The molecule has 3 atom stereocenters. The number of sulfonamides is 1. The molecule has 0 saturated carbocycles. The molecule has 0 aliphatic carbocycles. The molecular formula is C14H25NO4S. The summed E-state index contributed by atoms with van der Waals surface area (Å²) in [5.74, 6) is -0.170. The lowest BCUT2D eigenvalue weighted by molar-refractivity contribution is -0.143. The fourth-order valence-corrected chi connectivity index (χ4v) is 3.45. The van der Waals surface area contributed by atoms with Gasteiger partial charge in [0.2, 0.25) is 10.0 Å². The van der Waals surface area contributed by atoms with Crippen molar-refractivity contribution in [1.29, 1.82) is 0 Å². The summed E-state index contributed by atoms with van der Waals surface area (Å²) in [7, 11) is -3.53. The van der Waals surface area contributed by atoms with Crippen molar-refractivity contribution in [2.45, 2.75) is 58.4 Å². The first-order valence-electron chi connectivity index (χ1n) is 6.92. The first kappa shape index (κ1) is 17.2. The lowest BCUT2D eigenvalue weighted by Crippen LogP contribution is -2.36. The van der Waals surface area contributed by atoms with E-state index >= 15 is 0 Å². The number of carbonyl (C=O) groups excluding carboxylic acids is 1. The molecule has 1 fully saturated rings. The van der Waals surface area contributed by atoms with Gasteiger partial charge in [-0.25, -0.2) is 8.42 Å². The first-order valence-corrected chi connectivity index (χ1v) is 8.36. The van der Waals surface area contributed by atoms with Gasteiger partial charge in [-0.1, -0.05) is 26.0 Å². The Bertz CT molecular complexity index is 488. The summed E-state index contributed by atoms with van der Waals surface area (Å²) in [5.41, 5.74) is 0. The second-order valence-corrected chi connectivity index (χ2v) is 8.86. The molecule has 0 aromatic rings. The minimum absolute atomic E-state index is 0.249. The fraction of sp³-hybridized carbons (Fsp3) is 0.786. The van der Waals surface area contributed by atoms with E-state index in [4.69, 9.17) is 4.74 Å². The van der Waals surface area contributed by atoms with Gasteiger partial charge >= 0.3 is 5.97 Å². The van der Waals surface area contributed by atoms with Crippen LogP contribution in [0.5, 0.6) is 0 Å². The van der Waals surface area contributed by atoms with Crippen LogP contribution in [0.2, 0.25) is 0 Å². The van der Waals surface area contributed by atoms with Crippen LogP contribution < -0.4 is 0 Å². The highest BCUT2D eigenvalue weighted by atomic mass is 32.2. The van der Waals surface area contributed by atoms with E-state index in [1.54, 1.807) is 33.8 Å². The van der Waals surface area contributed by atoms with Crippen molar-refractivity contribution in [3.63, 3.8) is 0 Å². The van der Waals surface area contributed by atoms with E-state index in [0.29, 0.717) is 5.92 Å². The van der Waals surface area contributed by atoms with Crippen LogP contribution in [0.3, 0.4) is 0 Å². The predicted octanol–water partition coefficient (Wildman–Crippen LogP) is 1.94. The van der Waals surface area contributed by atoms with Gasteiger partial charge in [-0.3, -0.25) is 4.79 Å². The summed E-state index contributed by atoms with van der Waals surface area (Å²) in [6.45, 7) is 10.9. The van der Waals surface area contributed by atoms with E-state index in [1.807, 2.05) is 19.9 Å². The molecule has 20 heavy (non-hydrogen) atoms. The smallest absolute Gasteiger partial charge is 0.326 e. The molecule has 1 aliphatic heterocycles. The van der Waals surface area contributed by atoms with Crippen molar-refractivity contribution in [2.24, 2.45) is 5.92 Å². The minimum Gasteiger partial charge on any atom is -0.465 e. The Morgan fingerprint density at radius 3 is 2.30 bits per heavy atom. The first-order chi connectivity index (χ1) is 9.04. The van der Waals surface area contributed by atoms with Crippen LogP contribution in [-0.4, -0.2) is 42.1 Å². The number of nitrogens with zero attached hydrogens (tertiary/aromatic N) is 1. The molecule has 0 N–H and O–H groups in total. The van der Waals surface area contributed by atoms with Gasteiger partial charge < -0.3 is 4.74 Å². The third-order valence-corrected chi connectivity index (χ3v) is 5.65. The standard InChI is InChI=1S/C14H25NO4S/c1-7-19-13(16)12-11(9-8-10(2)3)15(12)20(17,18)14(4,5)6/h8-12H,7H2,1-6H3/b9-8+/t11-,12+,15?/m0/s1. The van der Waals surface area contributed by atoms with E-state index in [9.17, 15) is 13.2 Å². The molecular weight excluding hydrogens is 278 g/mol. The number of esters is 1. The van der Waals surface area contributed by atoms with Gasteiger partial charge in [0.05, 0.1) is 17.4 Å². The summed E-state index contributed by atoms with van der Waals surface area (Å²) in [6.07, 6.45) is 3.70. The van der Waals surface area contributed by atoms with Crippen molar-refractivity contribution in [3.8, 4) is 0 Å². The average Bonchev–Trinajstić information content (AvgIpc) is 2.99. The lowest BCUT2D eigenvalue weighted by Gasteiger charge is -2.20. The van der Waals surface area contributed by atoms with Gasteiger partial charge in [-0.05, 0) is 33.6 Å². The SMILES string of the molecule is CCOC(=O)[C@H]1[C@H](/C=C/C(C)C)N1S(=O)(=O)C(C)(C)C. The number of carbonyl (C=O) groups is 1. The number of rotatable bonds is 5. The maximum absolute atomic E-state index is 12.5. The van der Waals surface area contributed by atoms with Gasteiger partial charge in [0.25, 0.3) is 0 Å². The van der Waals surface area contributed by atoms with Crippen LogP contribution >= 0.6 is 0 Å². The summed E-state index contributed by atoms with van der Waals surface area (Å²) in [6, 6.07) is -1.13. The van der Waals surface area contributed by atoms with Crippen molar-refractivity contribution >= 4 is 16.0 Å². The maximum Gasteiger partial charge on any atom is 0.326 e. The Hall–Kier alpha value is -0.880. The molecule has 0 radical (unpaired) electrons. The molecule has 0 bridgehead atoms. The summed E-state index contributed by atoms with van der Waals surface area (Å²) in [5, 5.41) is 0. The zero-order valence-electron chi connectivity index (χ0n) is 13.1. The van der Waals surface area contributed by atoms with Crippen LogP contribution in [0.4, 0.5) is 0 Å². The topological polar surface area (TPSA) is 63.5 Å². The third kappa shape index (κ3) is 3.41. The van der Waals surface area contributed by atoms with Crippen LogP contribution in [-0.2, 0) is 19.6 Å². The summed E-state index contributed by atoms with van der Waals surface area (Å²) >= 11 is 0. The third-order valence-electron chi connectivity index (χ3n) is 3.07. The normalized spacial score (nSPS) is 27.1. The fourth-order valence-electron chi connectivity index (χ4n) is 1.85. The van der Waals surface area contributed by atoms with E-state index in [1.165, 1.54) is 4.31 Å². The Balaban J connectivity index is 3.01. The molecule has 0 aromatic carbocycles. The van der Waals surface area contributed by atoms with E-state index in [0.717, 1.165) is 0 Å². The largest absolute Gasteiger partial charge is 0.465 e. The van der Waals surface area contributed by atoms with Gasteiger partial charge in [-0.15, -0.1) is 0 Å². The average molecular weight is 303 g/mol. The van der Waals surface area contributed by atoms with Crippen molar-refractivity contribution in [2.75, 3.05) is 6.61 Å². The number of ether oxygens (including phenoxy) is 1. The summed E-state index contributed by atoms with van der Waals surface area (Å²) in [4.78, 5) is 11.9. The Kier molecular flexibility index (Phi) is 5.03. The highest BCUT2D eigenvalue weighted by molar-refractivity contribution is 7.90. The Morgan fingerprint density at radius 1 is 1.35 bits per heavy atom. The second kappa shape index (κ2) is 5.85. The zero-order chi connectivity index (χ0) is 15.7. The molecule has 5 nitrogen and oxygen atoms in total.